The zero-order valence-electron chi connectivity index (χ0n) is 17.9. The van der Waals surface area contributed by atoms with Gasteiger partial charge in [0.1, 0.15) is 16.0 Å². The molecule has 0 saturated carbocycles. The minimum atomic E-state index is -0.187. The molecule has 33 heavy (non-hydrogen) atoms. The molecule has 160 valence electrons. The smallest absolute Gasteiger partial charge is 0.290 e. The van der Waals surface area contributed by atoms with Crippen LogP contribution in [-0.4, -0.2) is 14.5 Å². The molecule has 0 aliphatic carbocycles. The van der Waals surface area contributed by atoms with Crippen LogP contribution in [0, 0.1) is 6.92 Å². The summed E-state index contributed by atoms with van der Waals surface area (Å²) in [5, 5.41) is 0. The highest BCUT2D eigenvalue weighted by molar-refractivity contribution is 7.22. The molecule has 0 spiro atoms. The van der Waals surface area contributed by atoms with Crippen LogP contribution in [0.25, 0.3) is 43.1 Å². The van der Waals surface area contributed by atoms with E-state index >= 15 is 0 Å². The molecule has 2 aromatic carbocycles. The maximum atomic E-state index is 12.5. The summed E-state index contributed by atoms with van der Waals surface area (Å²) in [5.41, 5.74) is 6.76. The summed E-state index contributed by atoms with van der Waals surface area (Å²) in [4.78, 5) is 21.9. The molecule has 0 aliphatic rings. The summed E-state index contributed by atoms with van der Waals surface area (Å²) in [5.74, 6) is 0.786. The molecule has 0 atom stereocenters. The first kappa shape index (κ1) is 19.6. The highest BCUT2D eigenvalue weighted by Crippen LogP contribution is 2.34. The van der Waals surface area contributed by atoms with E-state index in [0.29, 0.717) is 11.2 Å². The Hall–Kier alpha value is -4.03. The Morgan fingerprint density at radius 1 is 0.939 bits per heavy atom. The molecule has 0 saturated heterocycles. The van der Waals surface area contributed by atoms with Gasteiger partial charge in [0.05, 0.1) is 11.8 Å². The second-order valence-electron chi connectivity index (χ2n) is 8.06. The Morgan fingerprint density at radius 2 is 1.73 bits per heavy atom. The van der Waals surface area contributed by atoms with E-state index in [1.54, 1.807) is 12.5 Å². The number of fused-ring (bicyclic) bond motifs is 2. The first-order valence-corrected chi connectivity index (χ1v) is 11.5. The Kier molecular flexibility index (Phi) is 4.66. The normalized spacial score (nSPS) is 11.4. The van der Waals surface area contributed by atoms with Gasteiger partial charge < -0.3 is 8.98 Å². The molecule has 6 heteroatoms. The Balaban J connectivity index is 1.36. The average molecular weight is 450 g/mol. The first-order valence-electron chi connectivity index (χ1n) is 10.6. The summed E-state index contributed by atoms with van der Waals surface area (Å²) >= 11 is 1.48. The molecule has 6 rings (SSSR count). The SMILES string of the molecule is Cc1ccc(Cn2cnc(=O)c3sc(-c4ccc(-c5cc6ncccc6o5)cc4)cc32)cc1. The van der Waals surface area contributed by atoms with Gasteiger partial charge in [-0.15, -0.1) is 11.3 Å². The van der Waals surface area contributed by atoms with Crippen LogP contribution in [0.4, 0.5) is 0 Å². The van der Waals surface area contributed by atoms with Gasteiger partial charge in [0, 0.05) is 29.2 Å². The lowest BCUT2D eigenvalue weighted by atomic mass is 10.1. The molecule has 0 amide bonds. The highest BCUT2D eigenvalue weighted by atomic mass is 32.1. The van der Waals surface area contributed by atoms with E-state index in [-0.39, 0.29) is 5.56 Å². The summed E-state index contributed by atoms with van der Waals surface area (Å²) < 4.78 is 8.64. The molecular weight excluding hydrogens is 430 g/mol. The predicted molar refractivity (Wildman–Crippen MR) is 133 cm³/mol. The van der Waals surface area contributed by atoms with Crippen molar-refractivity contribution in [2.45, 2.75) is 13.5 Å². The van der Waals surface area contributed by atoms with Gasteiger partial charge in [-0.3, -0.25) is 9.78 Å². The van der Waals surface area contributed by atoms with Gasteiger partial charge in [-0.05, 0) is 36.2 Å². The van der Waals surface area contributed by atoms with Crippen molar-refractivity contribution in [1.82, 2.24) is 14.5 Å². The van der Waals surface area contributed by atoms with E-state index in [1.807, 2.05) is 34.9 Å². The fraction of sp³-hybridized carbons (Fsp3) is 0.0741. The van der Waals surface area contributed by atoms with E-state index < -0.39 is 0 Å². The maximum Gasteiger partial charge on any atom is 0.290 e. The summed E-state index contributed by atoms with van der Waals surface area (Å²) in [6.45, 7) is 2.74. The summed E-state index contributed by atoms with van der Waals surface area (Å²) in [6.07, 6.45) is 3.40. The standard InChI is InChI=1S/C27H19N3O2S/c1-17-4-6-18(7-5-17)15-30-16-29-27(31)26-22(30)14-25(33-26)20-10-8-19(9-11-20)24-13-21-23(32-24)3-2-12-28-21/h2-14,16H,15H2,1H3. The fourth-order valence-corrected chi connectivity index (χ4v) is 5.03. The van der Waals surface area contributed by atoms with Crippen LogP contribution in [0.15, 0.2) is 94.5 Å². The summed E-state index contributed by atoms with van der Waals surface area (Å²) in [6, 6.07) is 24.4. The zero-order valence-corrected chi connectivity index (χ0v) is 18.7. The number of hydrogen-bond donors (Lipinski definition) is 0. The number of aromatic nitrogens is 3. The minimum Gasteiger partial charge on any atom is -0.454 e. The second-order valence-corrected chi connectivity index (χ2v) is 9.12. The van der Waals surface area contributed by atoms with Gasteiger partial charge in [-0.25, -0.2) is 0 Å². The lowest BCUT2D eigenvalue weighted by molar-refractivity contribution is 0.631. The monoisotopic (exact) mass is 449 g/mol. The lowest BCUT2D eigenvalue weighted by Crippen LogP contribution is -2.11. The molecule has 0 fully saturated rings. The van der Waals surface area contributed by atoms with Crippen LogP contribution in [0.2, 0.25) is 0 Å². The van der Waals surface area contributed by atoms with Gasteiger partial charge in [0.2, 0.25) is 0 Å². The van der Waals surface area contributed by atoms with Crippen LogP contribution in [0.1, 0.15) is 11.1 Å². The topological polar surface area (TPSA) is 60.9 Å². The predicted octanol–water partition coefficient (Wildman–Crippen LogP) is 6.29. The van der Waals surface area contributed by atoms with Crippen molar-refractivity contribution >= 4 is 32.7 Å². The molecule has 0 N–H and O–H groups in total. The van der Waals surface area contributed by atoms with E-state index in [0.717, 1.165) is 38.4 Å². The molecule has 0 radical (unpaired) electrons. The van der Waals surface area contributed by atoms with E-state index in [2.05, 4.69) is 59.4 Å². The first-order chi connectivity index (χ1) is 16.1. The molecular formula is C27H19N3O2S. The van der Waals surface area contributed by atoms with Gasteiger partial charge in [0.15, 0.2) is 5.58 Å². The number of thiophene rings is 1. The van der Waals surface area contributed by atoms with Crippen molar-refractivity contribution in [2.75, 3.05) is 0 Å². The van der Waals surface area contributed by atoms with Gasteiger partial charge in [0.25, 0.3) is 5.56 Å². The molecule has 5 nitrogen and oxygen atoms in total. The lowest BCUT2D eigenvalue weighted by Gasteiger charge is -2.07. The van der Waals surface area contributed by atoms with Gasteiger partial charge >= 0.3 is 0 Å². The third-order valence-corrected chi connectivity index (χ3v) is 6.91. The highest BCUT2D eigenvalue weighted by Gasteiger charge is 2.12. The molecule has 0 aliphatic heterocycles. The van der Waals surface area contributed by atoms with Crippen LogP contribution < -0.4 is 5.56 Å². The number of rotatable bonds is 4. The average Bonchev–Trinajstić information content (AvgIpc) is 3.48. The van der Waals surface area contributed by atoms with E-state index in [4.69, 9.17) is 4.42 Å². The molecule has 6 aromatic rings. The quantitative estimate of drug-likeness (QED) is 0.317. The molecule has 4 heterocycles. The molecule has 0 bridgehead atoms. The van der Waals surface area contributed by atoms with E-state index in [1.165, 1.54) is 22.5 Å². The van der Waals surface area contributed by atoms with Crippen molar-refractivity contribution in [2.24, 2.45) is 0 Å². The van der Waals surface area contributed by atoms with Crippen LogP contribution in [0.5, 0.6) is 0 Å². The second kappa shape index (κ2) is 7.83. The van der Waals surface area contributed by atoms with Crippen molar-refractivity contribution < 1.29 is 4.42 Å². The third kappa shape index (κ3) is 3.64. The Labute approximate surface area is 193 Å². The Morgan fingerprint density at radius 3 is 2.52 bits per heavy atom. The minimum absolute atomic E-state index is 0.187. The largest absolute Gasteiger partial charge is 0.454 e. The molecule has 0 unspecified atom stereocenters. The number of furan rings is 1. The number of hydrogen-bond acceptors (Lipinski definition) is 5. The third-order valence-electron chi connectivity index (χ3n) is 5.75. The van der Waals surface area contributed by atoms with Crippen molar-refractivity contribution in [3.63, 3.8) is 0 Å². The van der Waals surface area contributed by atoms with Crippen LogP contribution in [-0.2, 0) is 6.54 Å². The maximum absolute atomic E-state index is 12.5. The fourth-order valence-electron chi connectivity index (χ4n) is 3.96. The number of nitrogens with zero attached hydrogens (tertiary/aromatic N) is 3. The van der Waals surface area contributed by atoms with Crippen LogP contribution >= 0.6 is 11.3 Å². The zero-order chi connectivity index (χ0) is 22.4. The van der Waals surface area contributed by atoms with Crippen molar-refractivity contribution in [1.29, 1.82) is 0 Å². The number of aryl methyl sites for hydroxylation is 1. The molecule has 4 aromatic heterocycles. The number of benzene rings is 2. The van der Waals surface area contributed by atoms with Crippen LogP contribution in [0.3, 0.4) is 0 Å². The van der Waals surface area contributed by atoms with E-state index in [9.17, 15) is 4.79 Å². The summed E-state index contributed by atoms with van der Waals surface area (Å²) in [7, 11) is 0. The van der Waals surface area contributed by atoms with Crippen molar-refractivity contribution in [3.05, 3.63) is 107 Å². The van der Waals surface area contributed by atoms with Gasteiger partial charge in [-0.1, -0.05) is 54.1 Å². The Bertz CT molecular complexity index is 1630. The van der Waals surface area contributed by atoms with Gasteiger partial charge in [-0.2, -0.15) is 4.98 Å². The number of pyridine rings is 1. The van der Waals surface area contributed by atoms with Crippen molar-refractivity contribution in [3.8, 4) is 21.8 Å².